The second kappa shape index (κ2) is 25.9. The molecule has 107 heavy (non-hydrogen) atoms. The summed E-state index contributed by atoms with van der Waals surface area (Å²) in [6, 6.07) is 42.5. The van der Waals surface area contributed by atoms with Gasteiger partial charge in [-0.2, -0.15) is 0 Å². The smallest absolute Gasteiger partial charge is 0.744 e. The number of nitrogens with zero attached hydrogens (tertiary/aromatic N) is 12. The predicted octanol–water partition coefficient (Wildman–Crippen LogP) is 7.16. The molecule has 6 aromatic heterocycles. The van der Waals surface area contributed by atoms with Crippen LogP contribution in [-0.4, -0.2) is 158 Å². The van der Waals surface area contributed by atoms with E-state index in [0.717, 1.165) is 0 Å². The van der Waals surface area contributed by atoms with Crippen molar-refractivity contribution in [2.45, 2.75) is 29.4 Å². The molecule has 0 saturated heterocycles. The summed E-state index contributed by atoms with van der Waals surface area (Å²) in [6.45, 7) is 0. The summed E-state index contributed by atoms with van der Waals surface area (Å²) in [7, 11) is -36.1. The molecule has 0 unspecified atom stereocenters. The minimum atomic E-state index is -6.11. The largest absolute Gasteiger partial charge is 2.00 e. The van der Waals surface area contributed by atoms with E-state index >= 15 is 0 Å². The molecule has 0 fully saturated rings. The molecule has 4 N–H and O–H groups in total. The number of benzene rings is 8. The van der Waals surface area contributed by atoms with E-state index in [0.29, 0.717) is 101 Å². The van der Waals surface area contributed by atoms with E-state index in [2.05, 4.69) is 59.8 Å². The summed E-state index contributed by atoms with van der Waals surface area (Å²) in [5, 5.41) is 0.0401. The molecular formula is C64H30Cu3N16O18S6. The molecule has 18 rings (SSSR count). The van der Waals surface area contributed by atoms with E-state index in [1.54, 1.807) is 97.1 Å². The van der Waals surface area contributed by atoms with Crippen LogP contribution in [0, 0.1) is 0 Å². The zero-order valence-electron chi connectivity index (χ0n) is 52.1. The number of nitrogens with one attached hydrogen (secondary N) is 4. The Kier molecular flexibility index (Phi) is 17.8. The fourth-order valence-corrected chi connectivity index (χ4v) is 19.4. The zero-order chi connectivity index (χ0) is 72.6. The van der Waals surface area contributed by atoms with E-state index in [1.165, 1.54) is 0 Å². The topological polar surface area (TPSA) is 561 Å². The first-order valence-electron chi connectivity index (χ1n) is 29.7. The Balaban J connectivity index is 0.000000175. The van der Waals surface area contributed by atoms with Crippen LogP contribution < -0.4 is 0 Å². The summed E-state index contributed by atoms with van der Waals surface area (Å²) >= 11 is 0. The zero-order valence-corrected chi connectivity index (χ0v) is 59.8. The van der Waals surface area contributed by atoms with Crippen molar-refractivity contribution in [3.05, 3.63) is 158 Å². The monoisotopic (exact) mass is 1690 g/mol. The van der Waals surface area contributed by atoms with Crippen LogP contribution in [0.4, 0.5) is 0 Å². The van der Waals surface area contributed by atoms with Crippen LogP contribution in [-0.2, 0) is 112 Å². The van der Waals surface area contributed by atoms with Crippen LogP contribution in [0.1, 0.15) is 0 Å². The van der Waals surface area contributed by atoms with Crippen LogP contribution in [0.25, 0.3) is 179 Å². The van der Waals surface area contributed by atoms with Gasteiger partial charge < -0.3 is 47.3 Å². The summed E-state index contributed by atoms with van der Waals surface area (Å²) in [5.74, 6) is 0.410. The minimum absolute atomic E-state index is 0. The van der Waals surface area contributed by atoms with Crippen molar-refractivity contribution in [3.8, 4) is 91.1 Å². The van der Waals surface area contributed by atoms with Crippen LogP contribution >= 0.6 is 0 Å². The number of aromatic nitrogens is 16. The Labute approximate surface area is 630 Å². The summed E-state index contributed by atoms with van der Waals surface area (Å²) in [5.41, 5.74) is 3.24. The number of fused-ring (bicyclic) bond motifs is 40. The molecular weight excluding hydrogens is 1660 g/mol. The standard InChI is InChI=1S/2C32H18N8O9S3.3Cu/c2*41-50(42,43)21-13-20-22(24(52(47,48)49)23(21)51(44,45)46)32-39-30-19-12-6-5-11-18(19)28(37-30)35-26-15-8-2-1-7-14(15)25(33-26)34-27-16-9-3-4-10-17(16)29(36-27)38-31(20)40-32;;;/h2*1-13H,(H,41,42,43)(H,44,45,46)(H,47,48,49)(H2,33,34,35,36,37,38,39,40);;;/q;;3*+2/p-6. The quantitative estimate of drug-likeness (QED) is 0.0947. The molecule has 0 spiro atoms. The van der Waals surface area contributed by atoms with Crippen molar-refractivity contribution in [3.63, 3.8) is 0 Å². The van der Waals surface area contributed by atoms with Crippen molar-refractivity contribution in [1.29, 1.82) is 0 Å². The molecule has 10 heterocycles. The van der Waals surface area contributed by atoms with Gasteiger partial charge in [0, 0.05) is 87.6 Å². The second-order valence-corrected chi connectivity index (χ2v) is 31.1. The maximum absolute atomic E-state index is 12.9. The SMILES string of the molecule is O=S(=O)([O-])c1cc2c3nc4nc(nc5[nH]c(nc6nc(nc([nH]3)c2c(S(=O)(=O)[O-])c1S(=O)(=O)[O-])-c1ccccc1-6)c1ccccc51)-c1ccccc1-4.O=S(=O)([O-])c1cc2c3nc4nc(nc5[nH]c(nc6nc(nc([nH]3)c2c(S(=O)(=O)[O-])c1S(=O)(=O)[O-])-c1ccccc1-6)c1ccccc51)-c1ccccc1-4.[Cu+2].[Cu+2].[Cu+2]. The number of hydrogen-bond acceptors (Lipinski definition) is 30. The van der Waals surface area contributed by atoms with Gasteiger partial charge in [-0.05, 0) is 12.1 Å². The van der Waals surface area contributed by atoms with Crippen LogP contribution in [0.2, 0.25) is 0 Å². The molecule has 4 aliphatic rings. The Hall–Kier alpha value is -10.5. The van der Waals surface area contributed by atoms with E-state index < -0.39 is 134 Å². The van der Waals surface area contributed by atoms with Gasteiger partial charge in [-0.25, -0.2) is 110 Å². The number of aromatic amines is 4. The van der Waals surface area contributed by atoms with Crippen molar-refractivity contribution in [2.24, 2.45) is 0 Å². The van der Waals surface area contributed by atoms with E-state index in [9.17, 15) is 77.8 Å². The molecule has 8 aromatic carbocycles. The van der Waals surface area contributed by atoms with Crippen LogP contribution in [0.15, 0.2) is 187 Å². The Morgan fingerprint density at radius 1 is 0.215 bits per heavy atom. The molecule has 0 amide bonds. The molecule has 0 saturated carbocycles. The van der Waals surface area contributed by atoms with Crippen molar-refractivity contribution < 1.29 is 129 Å². The first-order chi connectivity index (χ1) is 49.3. The van der Waals surface area contributed by atoms with Gasteiger partial charge in [0.2, 0.25) is 0 Å². The third-order valence-electron chi connectivity index (χ3n) is 17.0. The fourth-order valence-electron chi connectivity index (χ4n) is 12.8. The first kappa shape index (κ1) is 73.4. The predicted molar refractivity (Wildman–Crippen MR) is 360 cm³/mol. The Morgan fingerprint density at radius 3 is 0.589 bits per heavy atom. The molecule has 543 valence electrons. The van der Waals surface area contributed by atoms with Gasteiger partial charge >= 0.3 is 51.2 Å². The minimum Gasteiger partial charge on any atom is -0.744 e. The van der Waals surface area contributed by atoms with Gasteiger partial charge in [0.15, 0.2) is 46.6 Å². The Bertz CT molecular complexity index is 7040. The number of hydrogen-bond donors (Lipinski definition) is 4. The molecule has 34 nitrogen and oxygen atoms in total. The normalized spacial score (nSPS) is 12.6. The van der Waals surface area contributed by atoms with Gasteiger partial charge in [-0.15, -0.1) is 0 Å². The maximum Gasteiger partial charge on any atom is 2.00 e. The number of H-pyrrole nitrogens is 4. The maximum atomic E-state index is 12.9. The third kappa shape index (κ3) is 12.4. The van der Waals surface area contributed by atoms with E-state index in [4.69, 9.17) is 19.9 Å². The van der Waals surface area contributed by atoms with Crippen LogP contribution in [0.5, 0.6) is 0 Å². The average molecular weight is 1690 g/mol. The third-order valence-corrected chi connectivity index (χ3v) is 22.9. The molecule has 16 bridgehead atoms. The van der Waals surface area contributed by atoms with Gasteiger partial charge in [-0.1, -0.05) is 146 Å². The van der Waals surface area contributed by atoms with Gasteiger partial charge in [-0.3, -0.25) is 0 Å². The van der Waals surface area contributed by atoms with Gasteiger partial charge in [0.25, 0.3) is 0 Å². The Morgan fingerprint density at radius 2 is 0.393 bits per heavy atom. The molecule has 4 aliphatic heterocycles. The van der Waals surface area contributed by atoms with E-state index in [1.807, 2.05) is 48.5 Å². The first-order valence-corrected chi connectivity index (χ1v) is 38.2. The fraction of sp³-hybridized carbons (Fsp3) is 0. The molecule has 0 atom stereocenters. The van der Waals surface area contributed by atoms with Crippen molar-refractivity contribution >= 4 is 149 Å². The summed E-state index contributed by atoms with van der Waals surface area (Å²) < 4.78 is 226. The molecule has 0 aliphatic carbocycles. The molecule has 3 radical (unpaired) electrons. The number of rotatable bonds is 6. The summed E-state index contributed by atoms with van der Waals surface area (Å²) in [4.78, 5) is 56.3. The molecule has 14 aromatic rings. The van der Waals surface area contributed by atoms with Crippen LogP contribution in [0.3, 0.4) is 0 Å². The van der Waals surface area contributed by atoms with Crippen molar-refractivity contribution in [1.82, 2.24) is 79.7 Å². The average Bonchev–Trinajstić information content (AvgIpc) is 1.68. The van der Waals surface area contributed by atoms with Gasteiger partial charge in [0.05, 0.1) is 29.4 Å². The molecule has 43 heteroatoms. The van der Waals surface area contributed by atoms with E-state index in [-0.39, 0.29) is 97.8 Å². The van der Waals surface area contributed by atoms with Gasteiger partial charge in [0.1, 0.15) is 106 Å². The van der Waals surface area contributed by atoms with Crippen molar-refractivity contribution in [2.75, 3.05) is 0 Å². The summed E-state index contributed by atoms with van der Waals surface area (Å²) in [6.07, 6.45) is 0. The second-order valence-electron chi connectivity index (χ2n) is 23.1.